The average Bonchev–Trinajstić information content (AvgIpc) is 3.61. The second-order valence-electron chi connectivity index (χ2n) is 23.9. The Morgan fingerprint density at radius 2 is 0.852 bits per heavy atom. The van der Waals surface area contributed by atoms with Gasteiger partial charge in [-0.1, -0.05) is 90.5 Å². The Morgan fingerprint density at radius 1 is 0.475 bits per heavy atom. The summed E-state index contributed by atoms with van der Waals surface area (Å²) in [5, 5.41) is -0.0987. The zero-order valence-corrected chi connectivity index (χ0v) is 43.1. The van der Waals surface area contributed by atoms with E-state index in [-0.39, 0.29) is 18.7 Å². The van der Waals surface area contributed by atoms with Crippen molar-refractivity contribution in [2.45, 2.75) is 200 Å². The van der Waals surface area contributed by atoms with Crippen molar-refractivity contribution in [1.29, 1.82) is 0 Å². The first-order chi connectivity index (χ1) is 27.3. The monoisotopic (exact) mass is 883 g/mol. The molecule has 0 bridgehead atoms. The molecule has 2 unspecified atom stereocenters. The Morgan fingerprint density at radius 3 is 1.23 bits per heavy atom. The van der Waals surface area contributed by atoms with E-state index in [1.807, 2.05) is 0 Å². The van der Waals surface area contributed by atoms with Crippen LogP contribution in [-0.4, -0.2) is 135 Å². The largest absolute Gasteiger partial charge is 0.303 e. The summed E-state index contributed by atoms with van der Waals surface area (Å²) in [6, 6.07) is 0.220. The molecule has 0 N–H and O–H groups in total. The Kier molecular flexibility index (Phi) is 26.8. The van der Waals surface area contributed by atoms with Crippen LogP contribution in [0.5, 0.6) is 0 Å². The number of piperidine rings is 3. The third-order valence-corrected chi connectivity index (χ3v) is 14.6. The van der Waals surface area contributed by atoms with E-state index in [9.17, 15) is 22.8 Å². The third kappa shape index (κ3) is 29.1. The van der Waals surface area contributed by atoms with Crippen LogP contribution in [0.4, 0.5) is 0 Å². The molecule has 9 nitrogen and oxygen atoms in total. The lowest BCUT2D eigenvalue weighted by Crippen LogP contribution is -2.40. The predicted molar refractivity (Wildman–Crippen MR) is 262 cm³/mol. The second kappa shape index (κ2) is 27.3. The topological polar surface area (TPSA) is 98.3 Å². The SMILES string of the molecule is C.CC(=O)C1CCCN(CCC(C)(C)C)C1.CC(=O)C1CCCN1CCC(C)(C)C.CC(=O)C1CCN(CCC(C)(C)C)CC1.CC(C)(C)CCN1CCC(S(C)(=O)=O)CC1. The normalized spacial score (nSPS) is 22.1. The molecular weight excluding hydrogens is 781 g/mol. The number of likely N-dealkylation sites (tertiary alicyclic amines) is 4. The fourth-order valence-corrected chi connectivity index (χ4v) is 9.30. The number of carbonyl (C=O) groups is 3. The molecule has 4 aliphatic rings. The molecule has 0 saturated carbocycles. The summed E-state index contributed by atoms with van der Waals surface area (Å²) in [5.41, 5.74) is 1.58. The number of rotatable bonds is 12. The molecule has 0 aromatic heterocycles. The van der Waals surface area contributed by atoms with Crippen molar-refractivity contribution < 1.29 is 22.8 Å². The molecule has 0 aliphatic carbocycles. The van der Waals surface area contributed by atoms with Gasteiger partial charge in [-0.15, -0.1) is 0 Å². The number of Topliss-reactive ketones (excluding diaryl/α,β-unsaturated/α-hetero) is 3. The maximum atomic E-state index is 11.4. The van der Waals surface area contributed by atoms with Gasteiger partial charge in [0.25, 0.3) is 0 Å². The van der Waals surface area contributed by atoms with Crippen molar-refractivity contribution in [2.75, 3.05) is 78.2 Å². The van der Waals surface area contributed by atoms with Crippen LogP contribution in [0.25, 0.3) is 0 Å². The van der Waals surface area contributed by atoms with Crippen LogP contribution < -0.4 is 0 Å². The standard InChI is InChI=1S/2C13H25NO.C12H25NO2S.C12H23NO.CH4/c1-11(15)12-5-8-14(9-6-12)10-7-13(2,3)4;1-11(15)12-6-5-8-14(10-12)9-7-13(2,3)4;1-12(2,3)7-10-13-8-5-11(6-9-13)16(4,14)15;1-10(14)11-6-5-8-13(11)9-7-12(2,3)4;/h2*12H,5-10H2,1-4H3;11H,5-10H2,1-4H3;11H,5-9H2,1-4H3;1H4. The first-order valence-electron chi connectivity index (χ1n) is 24.0. The van der Waals surface area contributed by atoms with E-state index in [2.05, 4.69) is 103 Å². The highest BCUT2D eigenvalue weighted by molar-refractivity contribution is 7.91. The molecule has 4 heterocycles. The highest BCUT2D eigenvalue weighted by atomic mass is 32.2. The molecule has 4 aliphatic heterocycles. The lowest BCUT2D eigenvalue weighted by molar-refractivity contribution is -0.123. The summed E-state index contributed by atoms with van der Waals surface area (Å²) in [7, 11) is -2.82. The van der Waals surface area contributed by atoms with Gasteiger partial charge in [0.15, 0.2) is 0 Å². The fraction of sp³-hybridized carbons (Fsp3) is 0.941. The zero-order valence-electron chi connectivity index (χ0n) is 42.3. The summed E-state index contributed by atoms with van der Waals surface area (Å²) >= 11 is 0. The smallest absolute Gasteiger partial charge is 0.150 e. The molecule has 0 amide bonds. The lowest BCUT2D eigenvalue weighted by Gasteiger charge is -2.33. The van der Waals surface area contributed by atoms with E-state index < -0.39 is 9.84 Å². The van der Waals surface area contributed by atoms with Crippen LogP contribution in [0.3, 0.4) is 0 Å². The van der Waals surface area contributed by atoms with Crippen LogP contribution in [-0.2, 0) is 24.2 Å². The first-order valence-corrected chi connectivity index (χ1v) is 25.9. The van der Waals surface area contributed by atoms with Crippen LogP contribution >= 0.6 is 0 Å². The summed E-state index contributed by atoms with van der Waals surface area (Å²) in [6.07, 6.45) is 14.5. The molecule has 0 aromatic carbocycles. The van der Waals surface area contributed by atoms with Crippen molar-refractivity contribution in [3.63, 3.8) is 0 Å². The molecule has 362 valence electrons. The van der Waals surface area contributed by atoms with Gasteiger partial charge in [-0.2, -0.15) is 0 Å². The van der Waals surface area contributed by atoms with Crippen LogP contribution in [0.2, 0.25) is 0 Å². The molecule has 4 saturated heterocycles. The van der Waals surface area contributed by atoms with Crippen molar-refractivity contribution in [1.82, 2.24) is 19.6 Å². The van der Waals surface area contributed by atoms with Crippen LogP contribution in [0.1, 0.15) is 188 Å². The van der Waals surface area contributed by atoms with Crippen molar-refractivity contribution >= 4 is 27.2 Å². The number of hydrogen-bond donors (Lipinski definition) is 0. The number of nitrogens with zero attached hydrogens (tertiary/aromatic N) is 4. The molecule has 2 atom stereocenters. The summed E-state index contributed by atoms with van der Waals surface area (Å²) in [6.45, 7) is 44.3. The van der Waals surface area contributed by atoms with E-state index >= 15 is 0 Å². The third-order valence-electron chi connectivity index (χ3n) is 12.9. The van der Waals surface area contributed by atoms with Crippen LogP contribution in [0, 0.1) is 33.5 Å². The molecule has 10 heteroatoms. The van der Waals surface area contributed by atoms with Gasteiger partial charge in [-0.3, -0.25) is 19.3 Å². The molecule has 0 radical (unpaired) electrons. The van der Waals surface area contributed by atoms with E-state index in [4.69, 9.17) is 0 Å². The van der Waals surface area contributed by atoms with Gasteiger partial charge >= 0.3 is 0 Å². The highest BCUT2D eigenvalue weighted by Gasteiger charge is 2.30. The number of hydrogen-bond acceptors (Lipinski definition) is 9. The molecule has 4 rings (SSSR count). The van der Waals surface area contributed by atoms with E-state index in [1.165, 1.54) is 57.9 Å². The Balaban J connectivity index is 0.000000783. The fourth-order valence-electron chi connectivity index (χ4n) is 8.23. The number of carbonyl (C=O) groups excluding carboxylic acids is 3. The number of sulfone groups is 1. The summed E-state index contributed by atoms with van der Waals surface area (Å²) in [4.78, 5) is 43.6. The molecule has 0 spiro atoms. The van der Waals surface area contributed by atoms with Gasteiger partial charge in [0.05, 0.1) is 11.3 Å². The predicted octanol–water partition coefficient (Wildman–Crippen LogP) is 10.5. The average molecular weight is 883 g/mol. The van der Waals surface area contributed by atoms with E-state index in [0.29, 0.717) is 50.8 Å². The molecule has 0 aromatic rings. The molecule has 61 heavy (non-hydrogen) atoms. The number of ketones is 3. The highest BCUT2D eigenvalue weighted by Crippen LogP contribution is 2.26. The quantitative estimate of drug-likeness (QED) is 0.190. The van der Waals surface area contributed by atoms with Crippen LogP contribution in [0.15, 0.2) is 0 Å². The van der Waals surface area contributed by atoms with E-state index in [1.54, 1.807) is 20.8 Å². The summed E-state index contributed by atoms with van der Waals surface area (Å²) < 4.78 is 22.8. The Bertz CT molecular complexity index is 1350. The van der Waals surface area contributed by atoms with Crippen molar-refractivity contribution in [2.24, 2.45) is 33.5 Å². The van der Waals surface area contributed by atoms with Gasteiger partial charge < -0.3 is 14.7 Å². The van der Waals surface area contributed by atoms with Gasteiger partial charge in [-0.05, 0) is 185 Å². The minimum Gasteiger partial charge on any atom is -0.303 e. The van der Waals surface area contributed by atoms with Crippen molar-refractivity contribution in [3.05, 3.63) is 0 Å². The maximum Gasteiger partial charge on any atom is 0.150 e. The minimum atomic E-state index is -2.82. The van der Waals surface area contributed by atoms with Gasteiger partial charge in [0, 0.05) is 24.6 Å². The second-order valence-corrected chi connectivity index (χ2v) is 26.2. The van der Waals surface area contributed by atoms with Crippen molar-refractivity contribution in [3.8, 4) is 0 Å². The zero-order chi connectivity index (χ0) is 46.1. The Hall–Kier alpha value is -1.20. The first kappa shape index (κ1) is 59.8. The van der Waals surface area contributed by atoms with E-state index in [0.717, 1.165) is 97.4 Å². The molecule has 4 fully saturated rings. The van der Waals surface area contributed by atoms with Gasteiger partial charge in [0.1, 0.15) is 27.2 Å². The van der Waals surface area contributed by atoms with Gasteiger partial charge in [0.2, 0.25) is 0 Å². The minimum absolute atomic E-state index is 0. The maximum absolute atomic E-state index is 11.4. The summed E-state index contributed by atoms with van der Waals surface area (Å²) in [5.74, 6) is 1.74. The molecular formula is C51H102N4O5S. The Labute approximate surface area is 379 Å². The van der Waals surface area contributed by atoms with Gasteiger partial charge in [-0.25, -0.2) is 8.42 Å². The lowest BCUT2D eigenvalue weighted by atomic mass is 9.90.